The summed E-state index contributed by atoms with van der Waals surface area (Å²) in [4.78, 5) is 24.5. The molecule has 7 nitrogen and oxygen atoms in total. The lowest BCUT2D eigenvalue weighted by atomic mass is 10.2. The summed E-state index contributed by atoms with van der Waals surface area (Å²) in [5, 5.41) is 5.54. The zero-order chi connectivity index (χ0) is 20.6. The normalized spacial score (nSPS) is 10.3. The Labute approximate surface area is 168 Å². The number of benzene rings is 2. The maximum absolute atomic E-state index is 12.5. The van der Waals surface area contributed by atoms with Gasteiger partial charge in [0.15, 0.2) is 17.3 Å². The number of nitrogens with one attached hydrogen (secondary N) is 2. The lowest BCUT2D eigenvalue weighted by Crippen LogP contribution is -2.13. The summed E-state index contributed by atoms with van der Waals surface area (Å²) in [6, 6.07) is 15.0. The third kappa shape index (κ3) is 5.16. The van der Waals surface area contributed by atoms with Crippen molar-refractivity contribution in [3.8, 4) is 11.5 Å². The van der Waals surface area contributed by atoms with Crippen LogP contribution in [0.4, 0.5) is 11.4 Å². The minimum Gasteiger partial charge on any atom is -0.490 e. The van der Waals surface area contributed by atoms with Crippen LogP contribution in [0.2, 0.25) is 0 Å². The van der Waals surface area contributed by atoms with Crippen LogP contribution in [0.3, 0.4) is 0 Å². The van der Waals surface area contributed by atoms with E-state index in [1.165, 1.54) is 6.26 Å². The van der Waals surface area contributed by atoms with Gasteiger partial charge < -0.3 is 24.5 Å². The zero-order valence-corrected chi connectivity index (χ0v) is 16.2. The first kappa shape index (κ1) is 20.0. The van der Waals surface area contributed by atoms with E-state index in [0.717, 1.165) is 0 Å². The van der Waals surface area contributed by atoms with Crippen molar-refractivity contribution in [2.45, 2.75) is 13.8 Å². The van der Waals surface area contributed by atoms with Crippen LogP contribution in [-0.2, 0) is 0 Å². The van der Waals surface area contributed by atoms with Crippen LogP contribution >= 0.6 is 0 Å². The first-order chi connectivity index (χ1) is 14.1. The summed E-state index contributed by atoms with van der Waals surface area (Å²) in [5.74, 6) is 0.783. The standard InChI is InChI=1S/C22H22N2O5/c1-3-27-18-12-11-17(14-20(18)28-4-2)24-21(25)15-7-9-16(10-8-15)23-22(26)19-6-5-13-29-19/h5-14H,3-4H2,1-2H3,(H,23,26)(H,24,25). The first-order valence-electron chi connectivity index (χ1n) is 9.26. The molecule has 2 aromatic carbocycles. The maximum atomic E-state index is 12.5. The Morgan fingerprint density at radius 2 is 1.48 bits per heavy atom. The van der Waals surface area contributed by atoms with Crippen LogP contribution in [0.5, 0.6) is 11.5 Å². The Morgan fingerprint density at radius 1 is 0.828 bits per heavy atom. The van der Waals surface area contributed by atoms with Crippen LogP contribution in [0.25, 0.3) is 0 Å². The Kier molecular flexibility index (Phi) is 6.52. The van der Waals surface area contributed by atoms with E-state index >= 15 is 0 Å². The molecular formula is C22H22N2O5. The van der Waals surface area contributed by atoms with Crippen molar-refractivity contribution < 1.29 is 23.5 Å². The molecule has 3 aromatic rings. The molecule has 3 rings (SSSR count). The highest BCUT2D eigenvalue weighted by Gasteiger charge is 2.12. The summed E-state index contributed by atoms with van der Waals surface area (Å²) < 4.78 is 16.2. The predicted molar refractivity (Wildman–Crippen MR) is 110 cm³/mol. The summed E-state index contributed by atoms with van der Waals surface area (Å²) >= 11 is 0. The van der Waals surface area contributed by atoms with Crippen molar-refractivity contribution in [3.63, 3.8) is 0 Å². The Bertz CT molecular complexity index is 965. The molecule has 0 aliphatic heterocycles. The molecule has 0 bridgehead atoms. The molecule has 0 spiro atoms. The molecule has 29 heavy (non-hydrogen) atoms. The molecule has 0 aliphatic carbocycles. The van der Waals surface area contributed by atoms with Crippen molar-refractivity contribution in [2.24, 2.45) is 0 Å². The van der Waals surface area contributed by atoms with Crippen LogP contribution < -0.4 is 20.1 Å². The third-order valence-corrected chi connectivity index (χ3v) is 3.95. The number of carbonyl (C=O) groups is 2. The third-order valence-electron chi connectivity index (χ3n) is 3.95. The molecule has 0 saturated carbocycles. The van der Waals surface area contributed by atoms with Gasteiger partial charge >= 0.3 is 0 Å². The van der Waals surface area contributed by atoms with E-state index in [1.54, 1.807) is 54.6 Å². The summed E-state index contributed by atoms with van der Waals surface area (Å²) in [7, 11) is 0. The lowest BCUT2D eigenvalue weighted by molar-refractivity contribution is 0.0995. The van der Waals surface area contributed by atoms with Gasteiger partial charge in [-0.15, -0.1) is 0 Å². The second-order valence-electron chi connectivity index (χ2n) is 5.99. The van der Waals surface area contributed by atoms with Gasteiger partial charge in [0.2, 0.25) is 0 Å². The SMILES string of the molecule is CCOc1ccc(NC(=O)c2ccc(NC(=O)c3ccco3)cc2)cc1OCC. The van der Waals surface area contributed by atoms with Gasteiger partial charge in [0.05, 0.1) is 19.5 Å². The molecule has 2 amide bonds. The van der Waals surface area contributed by atoms with Crippen molar-refractivity contribution in [2.75, 3.05) is 23.8 Å². The molecule has 0 atom stereocenters. The Morgan fingerprint density at radius 3 is 2.14 bits per heavy atom. The smallest absolute Gasteiger partial charge is 0.291 e. The molecule has 0 fully saturated rings. The first-order valence-corrected chi connectivity index (χ1v) is 9.26. The molecule has 1 heterocycles. The highest BCUT2D eigenvalue weighted by molar-refractivity contribution is 6.05. The van der Waals surface area contributed by atoms with E-state index in [9.17, 15) is 9.59 Å². The lowest BCUT2D eigenvalue weighted by Gasteiger charge is -2.13. The molecule has 0 unspecified atom stereocenters. The molecule has 0 radical (unpaired) electrons. The van der Waals surface area contributed by atoms with E-state index in [-0.39, 0.29) is 17.6 Å². The predicted octanol–water partition coefficient (Wildman–Crippen LogP) is 4.58. The van der Waals surface area contributed by atoms with Crippen molar-refractivity contribution in [1.29, 1.82) is 0 Å². The fourth-order valence-electron chi connectivity index (χ4n) is 2.64. The number of furan rings is 1. The van der Waals surface area contributed by atoms with Gasteiger partial charge in [0.1, 0.15) is 0 Å². The zero-order valence-electron chi connectivity index (χ0n) is 16.2. The van der Waals surface area contributed by atoms with E-state index in [0.29, 0.717) is 41.7 Å². The average Bonchev–Trinajstić information content (AvgIpc) is 3.26. The van der Waals surface area contributed by atoms with Crippen molar-refractivity contribution >= 4 is 23.2 Å². The number of ether oxygens (including phenoxy) is 2. The molecule has 2 N–H and O–H groups in total. The summed E-state index contributed by atoms with van der Waals surface area (Å²) in [6.45, 7) is 4.79. The van der Waals surface area contributed by atoms with Gasteiger partial charge in [-0.1, -0.05) is 0 Å². The Hall–Kier alpha value is -3.74. The van der Waals surface area contributed by atoms with E-state index in [1.807, 2.05) is 13.8 Å². The number of hydrogen-bond donors (Lipinski definition) is 2. The van der Waals surface area contributed by atoms with Gasteiger partial charge in [-0.05, 0) is 62.4 Å². The summed E-state index contributed by atoms with van der Waals surface area (Å²) in [6.07, 6.45) is 1.43. The second-order valence-corrected chi connectivity index (χ2v) is 5.99. The van der Waals surface area contributed by atoms with Gasteiger partial charge in [-0.25, -0.2) is 0 Å². The average molecular weight is 394 g/mol. The molecule has 1 aromatic heterocycles. The topological polar surface area (TPSA) is 89.8 Å². The molecular weight excluding hydrogens is 372 g/mol. The molecule has 0 aliphatic rings. The van der Waals surface area contributed by atoms with E-state index in [2.05, 4.69) is 10.6 Å². The van der Waals surface area contributed by atoms with Gasteiger partial charge in [-0.2, -0.15) is 0 Å². The monoisotopic (exact) mass is 394 g/mol. The van der Waals surface area contributed by atoms with Gasteiger partial charge in [-0.3, -0.25) is 9.59 Å². The molecule has 0 saturated heterocycles. The fourth-order valence-corrected chi connectivity index (χ4v) is 2.64. The van der Waals surface area contributed by atoms with E-state index < -0.39 is 0 Å². The quantitative estimate of drug-likeness (QED) is 0.584. The number of carbonyl (C=O) groups excluding carboxylic acids is 2. The van der Waals surface area contributed by atoms with Crippen molar-refractivity contribution in [1.82, 2.24) is 0 Å². The van der Waals surface area contributed by atoms with Gasteiger partial charge in [0.25, 0.3) is 11.8 Å². The second kappa shape index (κ2) is 9.45. The number of hydrogen-bond acceptors (Lipinski definition) is 5. The fraction of sp³-hybridized carbons (Fsp3) is 0.182. The van der Waals surface area contributed by atoms with Crippen LogP contribution in [0.15, 0.2) is 65.3 Å². The van der Waals surface area contributed by atoms with Crippen LogP contribution in [0, 0.1) is 0 Å². The largest absolute Gasteiger partial charge is 0.490 e. The molecule has 7 heteroatoms. The maximum Gasteiger partial charge on any atom is 0.291 e. The van der Waals surface area contributed by atoms with Crippen LogP contribution in [0.1, 0.15) is 34.8 Å². The Balaban J connectivity index is 1.66. The van der Waals surface area contributed by atoms with Crippen LogP contribution in [-0.4, -0.2) is 25.0 Å². The number of amides is 2. The number of rotatable bonds is 8. The molecule has 150 valence electrons. The van der Waals surface area contributed by atoms with E-state index in [4.69, 9.17) is 13.9 Å². The minimum absolute atomic E-state index is 0.215. The van der Waals surface area contributed by atoms with Gasteiger partial charge in [0, 0.05) is 23.0 Å². The summed E-state index contributed by atoms with van der Waals surface area (Å²) in [5.41, 5.74) is 1.60. The highest BCUT2D eigenvalue weighted by Crippen LogP contribution is 2.30. The number of anilines is 2. The highest BCUT2D eigenvalue weighted by atomic mass is 16.5. The van der Waals surface area contributed by atoms with Crippen molar-refractivity contribution in [3.05, 3.63) is 72.2 Å². The minimum atomic E-state index is -0.356.